The van der Waals surface area contributed by atoms with Gasteiger partial charge in [0.15, 0.2) is 17.6 Å². The van der Waals surface area contributed by atoms with Crippen LogP contribution in [0.2, 0.25) is 0 Å². The Hall–Kier alpha value is -2.15. The lowest BCUT2D eigenvalue weighted by molar-refractivity contribution is -0.146. The molecule has 1 atom stereocenters. The van der Waals surface area contributed by atoms with E-state index < -0.39 is 23.7 Å². The summed E-state index contributed by atoms with van der Waals surface area (Å²) in [5.74, 6) is -2.15. The highest BCUT2D eigenvalue weighted by Crippen LogP contribution is 2.21. The molecule has 0 fully saturated rings. The number of nitrogens with one attached hydrogen (secondary N) is 1. The third-order valence-electron chi connectivity index (χ3n) is 2.24. The number of anilines is 1. The molecular formula is C12H15FN2O4. The van der Waals surface area contributed by atoms with E-state index in [9.17, 15) is 14.0 Å². The average molecular weight is 270 g/mol. The van der Waals surface area contributed by atoms with Crippen LogP contribution in [0.3, 0.4) is 0 Å². The van der Waals surface area contributed by atoms with Crippen molar-refractivity contribution >= 4 is 17.6 Å². The van der Waals surface area contributed by atoms with E-state index in [1.165, 1.54) is 19.2 Å². The summed E-state index contributed by atoms with van der Waals surface area (Å²) >= 11 is 0. The van der Waals surface area contributed by atoms with E-state index in [0.29, 0.717) is 0 Å². The lowest BCUT2D eigenvalue weighted by atomic mass is 10.2. The van der Waals surface area contributed by atoms with E-state index in [0.717, 1.165) is 6.07 Å². The molecule has 3 N–H and O–H groups in total. The number of carbonyl (C=O) groups is 2. The summed E-state index contributed by atoms with van der Waals surface area (Å²) in [5, 5.41) is 2.37. The summed E-state index contributed by atoms with van der Waals surface area (Å²) < 4.78 is 22.5. The molecule has 0 aromatic heterocycles. The van der Waals surface area contributed by atoms with E-state index in [1.807, 2.05) is 0 Å². The molecule has 1 rings (SSSR count). The van der Waals surface area contributed by atoms with E-state index in [-0.39, 0.29) is 18.0 Å². The SMILES string of the molecule is CCOC(=O)C(N)C(=O)Nc1ccc(F)c(OC)c1. The Morgan fingerprint density at radius 2 is 2.16 bits per heavy atom. The summed E-state index contributed by atoms with van der Waals surface area (Å²) in [4.78, 5) is 22.9. The molecule has 0 saturated heterocycles. The lowest BCUT2D eigenvalue weighted by Gasteiger charge is -2.12. The van der Waals surface area contributed by atoms with Gasteiger partial charge in [-0.05, 0) is 19.1 Å². The van der Waals surface area contributed by atoms with Crippen LogP contribution in [0.1, 0.15) is 6.92 Å². The normalized spacial score (nSPS) is 11.6. The van der Waals surface area contributed by atoms with Crippen molar-refractivity contribution in [2.75, 3.05) is 19.0 Å². The lowest BCUT2D eigenvalue weighted by Crippen LogP contribution is -2.43. The molecular weight excluding hydrogens is 255 g/mol. The van der Waals surface area contributed by atoms with Crippen molar-refractivity contribution in [3.05, 3.63) is 24.0 Å². The number of methoxy groups -OCH3 is 1. The Balaban J connectivity index is 2.74. The van der Waals surface area contributed by atoms with Gasteiger partial charge in [-0.3, -0.25) is 4.79 Å². The number of hydrogen-bond donors (Lipinski definition) is 2. The number of esters is 1. The monoisotopic (exact) mass is 270 g/mol. The topological polar surface area (TPSA) is 90.7 Å². The Morgan fingerprint density at radius 1 is 1.47 bits per heavy atom. The highest BCUT2D eigenvalue weighted by atomic mass is 19.1. The number of carbonyl (C=O) groups excluding carboxylic acids is 2. The first-order valence-electron chi connectivity index (χ1n) is 5.56. The van der Waals surface area contributed by atoms with Crippen LogP contribution in [0.15, 0.2) is 18.2 Å². The summed E-state index contributed by atoms with van der Waals surface area (Å²) in [6, 6.07) is 2.30. The Bertz CT molecular complexity index is 479. The minimum absolute atomic E-state index is 0.0255. The third-order valence-corrected chi connectivity index (χ3v) is 2.24. The van der Waals surface area contributed by atoms with Crippen LogP contribution < -0.4 is 15.8 Å². The number of nitrogens with two attached hydrogens (primary N) is 1. The van der Waals surface area contributed by atoms with Crippen LogP contribution in [0.25, 0.3) is 0 Å². The van der Waals surface area contributed by atoms with Gasteiger partial charge in [-0.25, -0.2) is 9.18 Å². The number of amides is 1. The smallest absolute Gasteiger partial charge is 0.332 e. The summed E-state index contributed by atoms with van der Waals surface area (Å²) in [6.07, 6.45) is 0. The maximum Gasteiger partial charge on any atom is 0.332 e. The molecule has 19 heavy (non-hydrogen) atoms. The van der Waals surface area contributed by atoms with E-state index >= 15 is 0 Å². The maximum absolute atomic E-state index is 13.2. The minimum Gasteiger partial charge on any atom is -0.494 e. The molecule has 0 aliphatic rings. The second-order valence-corrected chi connectivity index (χ2v) is 3.57. The molecule has 7 heteroatoms. The Labute approximate surface area is 109 Å². The third kappa shape index (κ3) is 3.92. The second kappa shape index (κ2) is 6.69. The molecule has 0 spiro atoms. The van der Waals surface area contributed by atoms with Crippen LogP contribution in [0, 0.1) is 5.82 Å². The van der Waals surface area contributed by atoms with Crippen LogP contribution in [-0.2, 0) is 14.3 Å². The van der Waals surface area contributed by atoms with Crippen molar-refractivity contribution in [3.63, 3.8) is 0 Å². The van der Waals surface area contributed by atoms with Gasteiger partial charge in [0.05, 0.1) is 13.7 Å². The van der Waals surface area contributed by atoms with Gasteiger partial charge in [0.2, 0.25) is 0 Å². The zero-order valence-corrected chi connectivity index (χ0v) is 10.6. The molecule has 6 nitrogen and oxygen atoms in total. The largest absolute Gasteiger partial charge is 0.494 e. The van der Waals surface area contributed by atoms with Gasteiger partial charge < -0.3 is 20.5 Å². The summed E-state index contributed by atoms with van der Waals surface area (Å²) in [6.45, 7) is 1.73. The fourth-order valence-corrected chi connectivity index (χ4v) is 1.30. The number of hydrogen-bond acceptors (Lipinski definition) is 5. The predicted octanol–water partition coefficient (Wildman–Crippen LogP) is 0.663. The van der Waals surface area contributed by atoms with Gasteiger partial charge in [0, 0.05) is 11.8 Å². The highest BCUT2D eigenvalue weighted by Gasteiger charge is 2.23. The molecule has 0 aliphatic carbocycles. The molecule has 104 valence electrons. The summed E-state index contributed by atoms with van der Waals surface area (Å²) in [5.41, 5.74) is 5.67. The molecule has 1 aromatic rings. The van der Waals surface area contributed by atoms with Gasteiger partial charge in [0.1, 0.15) is 0 Å². The minimum atomic E-state index is -1.43. The van der Waals surface area contributed by atoms with Crippen molar-refractivity contribution in [1.29, 1.82) is 0 Å². The first kappa shape index (κ1) is 14.9. The van der Waals surface area contributed by atoms with Crippen molar-refractivity contribution < 1.29 is 23.5 Å². The zero-order chi connectivity index (χ0) is 14.4. The maximum atomic E-state index is 13.2. The fourth-order valence-electron chi connectivity index (χ4n) is 1.30. The molecule has 1 aromatic carbocycles. The molecule has 0 aliphatic heterocycles. The van der Waals surface area contributed by atoms with Gasteiger partial charge in [0.25, 0.3) is 5.91 Å². The van der Waals surface area contributed by atoms with E-state index in [1.54, 1.807) is 6.92 Å². The number of halogens is 1. The van der Waals surface area contributed by atoms with E-state index in [4.69, 9.17) is 10.5 Å². The van der Waals surface area contributed by atoms with Crippen LogP contribution in [-0.4, -0.2) is 31.6 Å². The van der Waals surface area contributed by atoms with Crippen molar-refractivity contribution in [2.45, 2.75) is 13.0 Å². The van der Waals surface area contributed by atoms with Crippen LogP contribution >= 0.6 is 0 Å². The molecule has 0 heterocycles. The van der Waals surface area contributed by atoms with Crippen molar-refractivity contribution in [2.24, 2.45) is 5.73 Å². The second-order valence-electron chi connectivity index (χ2n) is 3.57. The van der Waals surface area contributed by atoms with Crippen LogP contribution in [0.5, 0.6) is 5.75 Å². The first-order chi connectivity index (χ1) is 8.99. The average Bonchev–Trinajstić information content (AvgIpc) is 2.40. The van der Waals surface area contributed by atoms with Gasteiger partial charge in [-0.15, -0.1) is 0 Å². The van der Waals surface area contributed by atoms with Crippen molar-refractivity contribution in [3.8, 4) is 5.75 Å². The molecule has 1 unspecified atom stereocenters. The van der Waals surface area contributed by atoms with Crippen LogP contribution in [0.4, 0.5) is 10.1 Å². The molecule has 0 saturated carbocycles. The van der Waals surface area contributed by atoms with Gasteiger partial charge in [-0.2, -0.15) is 0 Å². The molecule has 1 amide bonds. The fraction of sp³-hybridized carbons (Fsp3) is 0.333. The Kier molecular flexibility index (Phi) is 5.25. The first-order valence-corrected chi connectivity index (χ1v) is 5.56. The number of benzene rings is 1. The Morgan fingerprint density at radius 3 is 2.74 bits per heavy atom. The molecule has 0 radical (unpaired) electrons. The summed E-state index contributed by atoms with van der Waals surface area (Å²) in [7, 11) is 1.30. The predicted molar refractivity (Wildman–Crippen MR) is 66.2 cm³/mol. The van der Waals surface area contributed by atoms with E-state index in [2.05, 4.69) is 10.1 Å². The highest BCUT2D eigenvalue weighted by molar-refractivity contribution is 6.08. The van der Waals surface area contributed by atoms with Crippen molar-refractivity contribution in [1.82, 2.24) is 0 Å². The number of ether oxygens (including phenoxy) is 2. The van der Waals surface area contributed by atoms with Gasteiger partial charge in [-0.1, -0.05) is 0 Å². The standard InChI is InChI=1S/C12H15FN2O4/c1-3-19-12(17)10(14)11(16)15-7-4-5-8(13)9(6-7)18-2/h4-6,10H,3,14H2,1-2H3,(H,15,16). The number of rotatable bonds is 5. The quantitative estimate of drug-likeness (QED) is 0.606. The van der Waals surface area contributed by atoms with Gasteiger partial charge >= 0.3 is 5.97 Å². The molecule has 0 bridgehead atoms. The zero-order valence-electron chi connectivity index (χ0n) is 10.6.